The number of anilines is 1. The summed E-state index contributed by atoms with van der Waals surface area (Å²) in [6.45, 7) is 1.59. The van der Waals surface area contributed by atoms with E-state index >= 15 is 0 Å². The first-order valence-corrected chi connectivity index (χ1v) is 6.97. The van der Waals surface area contributed by atoms with E-state index in [1.807, 2.05) is 0 Å². The van der Waals surface area contributed by atoms with Crippen LogP contribution in [-0.2, 0) is 4.79 Å². The van der Waals surface area contributed by atoms with Gasteiger partial charge in [0.25, 0.3) is 11.8 Å². The molecule has 0 radical (unpaired) electrons. The predicted molar refractivity (Wildman–Crippen MR) is 85.1 cm³/mol. The van der Waals surface area contributed by atoms with E-state index in [1.54, 1.807) is 49.4 Å². The Hall–Kier alpha value is -2.53. The Morgan fingerprint density at radius 3 is 2.45 bits per heavy atom. The van der Waals surface area contributed by atoms with Crippen LogP contribution in [0.25, 0.3) is 0 Å². The average molecular weight is 319 g/mol. The number of primary amides is 1. The number of ether oxygens (including phenoxy) is 1. The third-order valence-corrected chi connectivity index (χ3v) is 3.27. The van der Waals surface area contributed by atoms with Crippen LogP contribution in [0.15, 0.2) is 48.5 Å². The zero-order valence-electron chi connectivity index (χ0n) is 11.9. The number of rotatable bonds is 5. The maximum Gasteiger partial charge on any atom is 0.265 e. The van der Waals surface area contributed by atoms with E-state index in [4.69, 9.17) is 22.1 Å². The normalized spacial score (nSPS) is 11.5. The molecular weight excluding hydrogens is 304 g/mol. The van der Waals surface area contributed by atoms with Crippen molar-refractivity contribution in [3.63, 3.8) is 0 Å². The lowest BCUT2D eigenvalue weighted by molar-refractivity contribution is -0.122. The molecule has 0 aliphatic rings. The standard InChI is InChI=1S/C16H15ClN2O3/c1-10(22-14-9-5-3-7-12(14)17)16(21)19-13-8-4-2-6-11(13)15(18)20/h2-10H,1H3,(H2,18,20)(H,19,21)/t10-/m1/s1. The van der Waals surface area contributed by atoms with E-state index in [-0.39, 0.29) is 5.56 Å². The summed E-state index contributed by atoms with van der Waals surface area (Å²) in [5.41, 5.74) is 5.85. The highest BCUT2D eigenvalue weighted by molar-refractivity contribution is 6.32. The van der Waals surface area contributed by atoms with Crippen molar-refractivity contribution < 1.29 is 14.3 Å². The Morgan fingerprint density at radius 1 is 1.14 bits per heavy atom. The van der Waals surface area contributed by atoms with Crippen LogP contribution in [0.4, 0.5) is 5.69 Å². The molecule has 0 unspecified atom stereocenters. The second kappa shape index (κ2) is 6.95. The molecule has 0 saturated carbocycles. The summed E-state index contributed by atoms with van der Waals surface area (Å²) < 4.78 is 5.52. The number of amides is 2. The lowest BCUT2D eigenvalue weighted by Crippen LogP contribution is -2.31. The molecule has 114 valence electrons. The fourth-order valence-corrected chi connectivity index (χ4v) is 2.01. The number of hydrogen-bond acceptors (Lipinski definition) is 3. The van der Waals surface area contributed by atoms with Gasteiger partial charge in [0.15, 0.2) is 6.10 Å². The molecule has 0 aromatic heterocycles. The topological polar surface area (TPSA) is 81.4 Å². The number of halogens is 1. The smallest absolute Gasteiger partial charge is 0.265 e. The minimum atomic E-state index is -0.791. The maximum absolute atomic E-state index is 12.2. The number of nitrogens with one attached hydrogen (secondary N) is 1. The van der Waals surface area contributed by atoms with Crippen molar-refractivity contribution in [1.82, 2.24) is 0 Å². The Morgan fingerprint density at radius 2 is 1.77 bits per heavy atom. The van der Waals surface area contributed by atoms with Crippen LogP contribution in [-0.4, -0.2) is 17.9 Å². The number of nitrogens with two attached hydrogens (primary N) is 1. The molecule has 0 fully saturated rings. The van der Waals surface area contributed by atoms with Crippen molar-refractivity contribution >= 4 is 29.1 Å². The molecule has 5 nitrogen and oxygen atoms in total. The molecule has 0 heterocycles. The molecule has 0 saturated heterocycles. The predicted octanol–water partition coefficient (Wildman–Crippen LogP) is 2.84. The lowest BCUT2D eigenvalue weighted by atomic mass is 10.1. The van der Waals surface area contributed by atoms with Crippen molar-refractivity contribution in [3.8, 4) is 5.75 Å². The van der Waals surface area contributed by atoms with Gasteiger partial charge in [-0.05, 0) is 31.2 Å². The number of benzene rings is 2. The average Bonchev–Trinajstić information content (AvgIpc) is 2.49. The van der Waals surface area contributed by atoms with E-state index in [0.29, 0.717) is 16.5 Å². The van der Waals surface area contributed by atoms with Gasteiger partial charge in [0, 0.05) is 0 Å². The largest absolute Gasteiger partial charge is 0.479 e. The van der Waals surface area contributed by atoms with Crippen molar-refractivity contribution in [2.75, 3.05) is 5.32 Å². The van der Waals surface area contributed by atoms with Crippen LogP contribution in [0.1, 0.15) is 17.3 Å². The van der Waals surface area contributed by atoms with Gasteiger partial charge in [-0.2, -0.15) is 0 Å². The van der Waals surface area contributed by atoms with E-state index in [2.05, 4.69) is 5.32 Å². The van der Waals surface area contributed by atoms with Crippen molar-refractivity contribution in [2.45, 2.75) is 13.0 Å². The van der Waals surface area contributed by atoms with Gasteiger partial charge >= 0.3 is 0 Å². The maximum atomic E-state index is 12.2. The summed E-state index contributed by atoms with van der Waals surface area (Å²) >= 11 is 5.98. The SMILES string of the molecule is C[C@@H](Oc1ccccc1Cl)C(=O)Nc1ccccc1C(N)=O. The fourth-order valence-electron chi connectivity index (χ4n) is 1.83. The molecule has 22 heavy (non-hydrogen) atoms. The first-order chi connectivity index (χ1) is 10.5. The van der Waals surface area contributed by atoms with Gasteiger partial charge in [-0.1, -0.05) is 35.9 Å². The van der Waals surface area contributed by atoms with E-state index in [1.165, 1.54) is 6.07 Å². The Kier molecular flexibility index (Phi) is 5.01. The number of para-hydroxylation sites is 2. The minimum absolute atomic E-state index is 0.237. The van der Waals surface area contributed by atoms with E-state index in [0.717, 1.165) is 0 Å². The van der Waals surface area contributed by atoms with Gasteiger partial charge in [-0.25, -0.2) is 0 Å². The minimum Gasteiger partial charge on any atom is -0.479 e. The zero-order chi connectivity index (χ0) is 16.1. The monoisotopic (exact) mass is 318 g/mol. The molecule has 0 aliphatic heterocycles. The van der Waals surface area contributed by atoms with Crippen LogP contribution in [0, 0.1) is 0 Å². The van der Waals surface area contributed by atoms with E-state index < -0.39 is 17.9 Å². The van der Waals surface area contributed by atoms with E-state index in [9.17, 15) is 9.59 Å². The Bertz CT molecular complexity index is 703. The summed E-state index contributed by atoms with van der Waals surface area (Å²) in [7, 11) is 0. The number of carbonyl (C=O) groups excluding carboxylic acids is 2. The molecule has 2 amide bonds. The third-order valence-electron chi connectivity index (χ3n) is 2.96. The van der Waals surface area contributed by atoms with Crippen LogP contribution in [0.5, 0.6) is 5.75 Å². The Labute approximate surface area is 133 Å². The summed E-state index contributed by atoms with van der Waals surface area (Å²) in [5.74, 6) is -0.612. The first kappa shape index (κ1) is 15.9. The third kappa shape index (κ3) is 3.77. The quantitative estimate of drug-likeness (QED) is 0.889. The van der Waals surface area contributed by atoms with Crippen LogP contribution >= 0.6 is 11.6 Å². The van der Waals surface area contributed by atoms with Gasteiger partial charge in [0.05, 0.1) is 16.3 Å². The van der Waals surface area contributed by atoms with Crippen LogP contribution in [0.2, 0.25) is 5.02 Å². The highest BCUT2D eigenvalue weighted by atomic mass is 35.5. The Balaban J connectivity index is 2.09. The molecule has 1 atom stereocenters. The van der Waals surface area contributed by atoms with Crippen molar-refractivity contribution in [2.24, 2.45) is 5.73 Å². The number of hydrogen-bond donors (Lipinski definition) is 2. The van der Waals surface area contributed by atoms with Gasteiger partial charge < -0.3 is 15.8 Å². The molecule has 0 bridgehead atoms. The van der Waals surface area contributed by atoms with Gasteiger partial charge in [-0.3, -0.25) is 9.59 Å². The summed E-state index contributed by atoms with van der Waals surface area (Å²) in [4.78, 5) is 23.5. The van der Waals surface area contributed by atoms with Gasteiger partial charge in [-0.15, -0.1) is 0 Å². The van der Waals surface area contributed by atoms with Crippen LogP contribution < -0.4 is 15.8 Å². The van der Waals surface area contributed by atoms with Gasteiger partial charge in [0.2, 0.25) is 0 Å². The molecule has 2 aromatic carbocycles. The van der Waals surface area contributed by atoms with Crippen LogP contribution in [0.3, 0.4) is 0 Å². The summed E-state index contributed by atoms with van der Waals surface area (Å²) in [6.07, 6.45) is -0.791. The van der Waals surface area contributed by atoms with Gasteiger partial charge in [0.1, 0.15) is 5.75 Å². The number of carbonyl (C=O) groups is 2. The van der Waals surface area contributed by atoms with Crippen molar-refractivity contribution in [1.29, 1.82) is 0 Å². The molecule has 6 heteroatoms. The molecule has 2 rings (SSSR count). The molecule has 0 aliphatic carbocycles. The highest BCUT2D eigenvalue weighted by Crippen LogP contribution is 2.24. The van der Waals surface area contributed by atoms with Crippen molar-refractivity contribution in [3.05, 3.63) is 59.1 Å². The first-order valence-electron chi connectivity index (χ1n) is 6.60. The zero-order valence-corrected chi connectivity index (χ0v) is 12.6. The molecule has 2 aromatic rings. The molecule has 0 spiro atoms. The highest BCUT2D eigenvalue weighted by Gasteiger charge is 2.18. The lowest BCUT2D eigenvalue weighted by Gasteiger charge is -2.16. The second-order valence-electron chi connectivity index (χ2n) is 4.59. The fraction of sp³-hybridized carbons (Fsp3) is 0.125. The molecular formula is C16H15ClN2O3. The summed E-state index contributed by atoms with van der Waals surface area (Å²) in [5, 5.41) is 3.04. The summed E-state index contributed by atoms with van der Waals surface area (Å²) in [6, 6.07) is 13.4. The molecule has 3 N–H and O–H groups in total. The second-order valence-corrected chi connectivity index (χ2v) is 5.00.